The predicted molar refractivity (Wildman–Crippen MR) is 86.8 cm³/mol. The molecule has 0 unspecified atom stereocenters. The van der Waals surface area contributed by atoms with Gasteiger partial charge in [0.1, 0.15) is 5.82 Å². The molecule has 21 heavy (non-hydrogen) atoms. The van der Waals surface area contributed by atoms with Gasteiger partial charge in [-0.2, -0.15) is 0 Å². The summed E-state index contributed by atoms with van der Waals surface area (Å²) in [6.45, 7) is 11.7. The molecular weight excluding hydrogens is 264 g/mol. The number of aryl methyl sites for hydroxylation is 2. The zero-order valence-electron chi connectivity index (χ0n) is 13.7. The van der Waals surface area contributed by atoms with Crippen molar-refractivity contribution in [3.05, 3.63) is 53.0 Å². The second-order valence-corrected chi connectivity index (χ2v) is 5.15. The van der Waals surface area contributed by atoms with Crippen LogP contribution in [-0.2, 0) is 9.53 Å². The second-order valence-electron chi connectivity index (χ2n) is 5.15. The summed E-state index contributed by atoms with van der Waals surface area (Å²) in [6.07, 6.45) is 0. The van der Waals surface area contributed by atoms with Gasteiger partial charge in [0.05, 0.1) is 12.7 Å². The van der Waals surface area contributed by atoms with Crippen LogP contribution in [0.1, 0.15) is 25.0 Å². The third-order valence-corrected chi connectivity index (χ3v) is 3.60. The van der Waals surface area contributed by atoms with Crippen molar-refractivity contribution in [1.82, 2.24) is 4.90 Å². The van der Waals surface area contributed by atoms with Crippen LogP contribution in [0.25, 0.3) is 0 Å². The minimum Gasteiger partial charge on any atom is -0.466 e. The topological polar surface area (TPSA) is 41.6 Å². The Morgan fingerprint density at radius 1 is 1.29 bits per heavy atom. The minimum atomic E-state index is -0.335. The van der Waals surface area contributed by atoms with E-state index in [1.54, 1.807) is 6.92 Å². The zero-order chi connectivity index (χ0) is 16.2. The summed E-state index contributed by atoms with van der Waals surface area (Å²) < 4.78 is 4.74. The molecule has 0 saturated heterocycles. The predicted octanol–water partition coefficient (Wildman–Crippen LogP) is 3.59. The van der Waals surface area contributed by atoms with Crippen molar-refractivity contribution in [2.45, 2.75) is 27.7 Å². The summed E-state index contributed by atoms with van der Waals surface area (Å²) in [5, 5.41) is 3.28. The fourth-order valence-corrected chi connectivity index (χ4v) is 1.95. The quantitative estimate of drug-likeness (QED) is 0.664. The normalized spacial score (nSPS) is 11.5. The third kappa shape index (κ3) is 4.12. The maximum Gasteiger partial charge on any atom is 0.335 e. The Hall–Kier alpha value is -2.23. The number of nitrogens with zero attached hydrogens (tertiary/aromatic N) is 1. The number of allylic oxidation sites excluding steroid dienone is 1. The fraction of sp³-hybridized carbons (Fsp3) is 0.353. The van der Waals surface area contributed by atoms with Crippen molar-refractivity contribution in [3.8, 4) is 0 Å². The van der Waals surface area contributed by atoms with E-state index >= 15 is 0 Å². The van der Waals surface area contributed by atoms with Gasteiger partial charge >= 0.3 is 5.97 Å². The molecule has 4 heteroatoms. The molecule has 1 rings (SSSR count). The van der Waals surface area contributed by atoms with Gasteiger partial charge in [-0.15, -0.1) is 0 Å². The number of benzene rings is 1. The van der Waals surface area contributed by atoms with E-state index in [9.17, 15) is 4.79 Å². The molecule has 0 fully saturated rings. The Balaban J connectivity index is 2.91. The molecule has 0 aliphatic rings. The highest BCUT2D eigenvalue weighted by molar-refractivity contribution is 5.88. The lowest BCUT2D eigenvalue weighted by Gasteiger charge is -2.25. The number of carbonyl (C=O) groups excluding carboxylic acids is 1. The van der Waals surface area contributed by atoms with E-state index in [1.807, 2.05) is 37.9 Å². The Kier molecular flexibility index (Phi) is 5.59. The summed E-state index contributed by atoms with van der Waals surface area (Å²) in [4.78, 5) is 13.4. The van der Waals surface area contributed by atoms with Crippen LogP contribution < -0.4 is 5.32 Å². The first kappa shape index (κ1) is 16.8. The summed E-state index contributed by atoms with van der Waals surface area (Å²) in [5.41, 5.74) is 4.72. The summed E-state index contributed by atoms with van der Waals surface area (Å²) >= 11 is 0. The van der Waals surface area contributed by atoms with Gasteiger partial charge in [0.2, 0.25) is 0 Å². The van der Waals surface area contributed by atoms with Crippen LogP contribution >= 0.6 is 0 Å². The Labute approximate surface area is 127 Å². The number of carbonyl (C=O) groups is 1. The monoisotopic (exact) mass is 288 g/mol. The van der Waals surface area contributed by atoms with Gasteiger partial charge in [-0.25, -0.2) is 4.79 Å². The van der Waals surface area contributed by atoms with Gasteiger partial charge in [0.15, 0.2) is 0 Å². The van der Waals surface area contributed by atoms with Crippen molar-refractivity contribution in [2.24, 2.45) is 0 Å². The minimum absolute atomic E-state index is 0.335. The van der Waals surface area contributed by atoms with E-state index in [0.29, 0.717) is 11.4 Å². The maximum absolute atomic E-state index is 11.6. The van der Waals surface area contributed by atoms with Gasteiger partial charge in [-0.1, -0.05) is 24.3 Å². The van der Waals surface area contributed by atoms with E-state index in [0.717, 1.165) is 16.9 Å². The molecule has 0 aromatic heterocycles. The molecule has 0 aliphatic heterocycles. The van der Waals surface area contributed by atoms with Crippen LogP contribution in [-0.4, -0.2) is 25.0 Å². The molecule has 0 spiro atoms. The van der Waals surface area contributed by atoms with Crippen molar-refractivity contribution in [1.29, 1.82) is 0 Å². The van der Waals surface area contributed by atoms with Gasteiger partial charge < -0.3 is 15.0 Å². The number of anilines is 1. The number of hydrogen-bond acceptors (Lipinski definition) is 4. The van der Waals surface area contributed by atoms with Crippen LogP contribution in [0, 0.1) is 13.8 Å². The molecule has 1 N–H and O–H groups in total. The van der Waals surface area contributed by atoms with Crippen LogP contribution in [0.5, 0.6) is 0 Å². The average molecular weight is 288 g/mol. The molecule has 114 valence electrons. The molecule has 0 amide bonds. The van der Waals surface area contributed by atoms with E-state index < -0.39 is 0 Å². The number of ether oxygens (including phenoxy) is 1. The van der Waals surface area contributed by atoms with Crippen LogP contribution in [0.15, 0.2) is 41.9 Å². The number of nitrogens with one attached hydrogen (secondary N) is 1. The van der Waals surface area contributed by atoms with E-state index in [2.05, 4.69) is 24.9 Å². The molecule has 4 nitrogen and oxygen atoms in total. The molecule has 0 saturated carbocycles. The molecule has 0 heterocycles. The summed E-state index contributed by atoms with van der Waals surface area (Å²) in [7, 11) is 3.24. The number of rotatable bonds is 5. The molecule has 1 aromatic carbocycles. The molecule has 1 aromatic rings. The van der Waals surface area contributed by atoms with E-state index in [4.69, 9.17) is 4.74 Å². The van der Waals surface area contributed by atoms with Crippen molar-refractivity contribution in [3.63, 3.8) is 0 Å². The van der Waals surface area contributed by atoms with Crippen molar-refractivity contribution >= 4 is 11.7 Å². The number of methoxy groups -OCH3 is 1. The highest BCUT2D eigenvalue weighted by Gasteiger charge is 2.13. The van der Waals surface area contributed by atoms with Crippen LogP contribution in [0.4, 0.5) is 5.69 Å². The van der Waals surface area contributed by atoms with E-state index in [-0.39, 0.29) is 5.97 Å². The molecular formula is C17H24N2O2. The highest BCUT2D eigenvalue weighted by Crippen LogP contribution is 2.20. The zero-order valence-corrected chi connectivity index (χ0v) is 13.7. The molecule has 0 bridgehead atoms. The van der Waals surface area contributed by atoms with E-state index in [1.165, 1.54) is 12.7 Å². The lowest BCUT2D eigenvalue weighted by molar-refractivity contribution is -0.136. The average Bonchev–Trinajstić information content (AvgIpc) is 2.46. The fourth-order valence-electron chi connectivity index (χ4n) is 1.95. The maximum atomic E-state index is 11.6. The smallest absolute Gasteiger partial charge is 0.335 e. The molecule has 0 radical (unpaired) electrons. The number of esters is 1. The highest BCUT2D eigenvalue weighted by atomic mass is 16.5. The van der Waals surface area contributed by atoms with Gasteiger partial charge in [0, 0.05) is 18.4 Å². The Bertz CT molecular complexity index is 588. The van der Waals surface area contributed by atoms with Crippen LogP contribution in [0.3, 0.4) is 0 Å². The number of hydrogen-bond donors (Lipinski definition) is 1. The first-order chi connectivity index (χ1) is 9.77. The second kappa shape index (κ2) is 6.97. The molecule has 0 aliphatic carbocycles. The lowest BCUT2D eigenvalue weighted by Crippen LogP contribution is -2.23. The van der Waals surface area contributed by atoms with Gasteiger partial charge in [0.25, 0.3) is 0 Å². The van der Waals surface area contributed by atoms with Crippen LogP contribution in [0.2, 0.25) is 0 Å². The van der Waals surface area contributed by atoms with Gasteiger partial charge in [-0.05, 0) is 39.3 Å². The summed E-state index contributed by atoms with van der Waals surface area (Å²) in [5.74, 6) is 0.362. The SMILES string of the molecule is C=C(Nc1ccc(C)cc1C)N(C)/C(C)=C(/C)C(=O)OC. The van der Waals surface area contributed by atoms with Crippen molar-refractivity contribution < 1.29 is 9.53 Å². The standard InChI is InChI=1S/C17H24N2O2/c1-11-8-9-16(12(2)10-11)18-15(5)19(6)14(4)13(3)17(20)21-7/h8-10,18H,5H2,1-4,6-7H3/b14-13-. The van der Waals surface area contributed by atoms with Gasteiger partial charge in [-0.3, -0.25) is 0 Å². The van der Waals surface area contributed by atoms with Crippen molar-refractivity contribution in [2.75, 3.05) is 19.5 Å². The first-order valence-electron chi connectivity index (χ1n) is 6.80. The Morgan fingerprint density at radius 3 is 2.43 bits per heavy atom. The largest absolute Gasteiger partial charge is 0.466 e. The lowest BCUT2D eigenvalue weighted by atomic mass is 10.1. The summed E-state index contributed by atoms with van der Waals surface area (Å²) in [6, 6.07) is 6.18. The Morgan fingerprint density at radius 2 is 1.90 bits per heavy atom. The first-order valence-corrected chi connectivity index (χ1v) is 6.80. The molecule has 0 atom stereocenters. The third-order valence-electron chi connectivity index (χ3n) is 3.60.